The van der Waals surface area contributed by atoms with Crippen molar-refractivity contribution < 1.29 is 9.53 Å². The van der Waals surface area contributed by atoms with Crippen LogP contribution in [-0.2, 0) is 11.3 Å². The predicted octanol–water partition coefficient (Wildman–Crippen LogP) is 2.24. The van der Waals surface area contributed by atoms with Crippen molar-refractivity contribution in [3.8, 4) is 0 Å². The Morgan fingerprint density at radius 1 is 1.17 bits per heavy atom. The summed E-state index contributed by atoms with van der Waals surface area (Å²) < 4.78 is 5.09. The zero-order valence-electron chi connectivity index (χ0n) is 18.5. The maximum Gasteiger partial charge on any atom is 0.319 e. The van der Waals surface area contributed by atoms with Crippen LogP contribution in [0.2, 0.25) is 0 Å². The van der Waals surface area contributed by atoms with Gasteiger partial charge in [-0.2, -0.15) is 0 Å². The van der Waals surface area contributed by atoms with Crippen LogP contribution in [0.25, 0.3) is 0 Å². The third kappa shape index (κ3) is 12.0. The van der Waals surface area contributed by atoms with Crippen molar-refractivity contribution in [3.05, 3.63) is 29.8 Å². The lowest BCUT2D eigenvalue weighted by molar-refractivity contribution is 0.180. The van der Waals surface area contributed by atoms with Gasteiger partial charge in [0.05, 0.1) is 6.54 Å². The number of carbonyl (C=O) groups excluding carboxylic acids is 1. The van der Waals surface area contributed by atoms with E-state index < -0.39 is 0 Å². The summed E-state index contributed by atoms with van der Waals surface area (Å²) in [4.78, 5) is 18.7. The fourth-order valence-electron chi connectivity index (χ4n) is 2.59. The number of rotatable bonds is 12. The molecule has 1 aromatic rings. The second kappa shape index (κ2) is 14.6. The van der Waals surface area contributed by atoms with Crippen molar-refractivity contribution in [2.24, 2.45) is 4.99 Å². The van der Waals surface area contributed by atoms with E-state index in [0.717, 1.165) is 56.4 Å². The third-order valence-corrected chi connectivity index (χ3v) is 4.07. The molecule has 2 amide bonds. The van der Waals surface area contributed by atoms with E-state index >= 15 is 0 Å². The second-order valence-corrected chi connectivity index (χ2v) is 7.22. The molecule has 164 valence electrons. The molecule has 0 fully saturated rings. The number of nitrogens with one attached hydrogen (secondary N) is 4. The van der Waals surface area contributed by atoms with Crippen molar-refractivity contribution in [1.29, 1.82) is 0 Å². The Bertz CT molecular complexity index is 604. The van der Waals surface area contributed by atoms with E-state index in [1.54, 1.807) is 7.11 Å². The Kier molecular flexibility index (Phi) is 12.5. The number of ether oxygens (including phenoxy) is 1. The van der Waals surface area contributed by atoms with Gasteiger partial charge in [-0.15, -0.1) is 0 Å². The van der Waals surface area contributed by atoms with Gasteiger partial charge in [0.15, 0.2) is 5.96 Å². The number of methoxy groups -OCH3 is 1. The van der Waals surface area contributed by atoms with E-state index in [1.165, 1.54) is 0 Å². The van der Waals surface area contributed by atoms with Gasteiger partial charge in [-0.25, -0.2) is 9.79 Å². The number of aliphatic imine (C=N–C) groups is 1. The molecule has 8 nitrogen and oxygen atoms in total. The zero-order chi connectivity index (χ0) is 21.5. The molecular formula is C21H38N6O2. The average molecular weight is 407 g/mol. The number of anilines is 1. The van der Waals surface area contributed by atoms with Crippen LogP contribution in [0.5, 0.6) is 0 Å². The molecule has 0 atom stereocenters. The van der Waals surface area contributed by atoms with Gasteiger partial charge < -0.3 is 30.9 Å². The van der Waals surface area contributed by atoms with Crippen LogP contribution in [0.3, 0.4) is 0 Å². The van der Waals surface area contributed by atoms with Crippen LogP contribution in [-0.4, -0.2) is 69.9 Å². The monoisotopic (exact) mass is 406 g/mol. The smallest absolute Gasteiger partial charge is 0.319 e. The molecule has 29 heavy (non-hydrogen) atoms. The SMILES string of the molecule is CCNC(=NCc1ccc(NC(=O)NC(C)C)cc1)NCCN(C)CCCOC. The first-order valence-electron chi connectivity index (χ1n) is 10.3. The molecular weight excluding hydrogens is 368 g/mol. The fraction of sp³-hybridized carbons (Fsp3) is 0.619. The normalized spacial score (nSPS) is 11.6. The Balaban J connectivity index is 2.46. The van der Waals surface area contributed by atoms with Gasteiger partial charge in [0.2, 0.25) is 0 Å². The Morgan fingerprint density at radius 2 is 1.90 bits per heavy atom. The van der Waals surface area contributed by atoms with Crippen LogP contribution < -0.4 is 21.3 Å². The van der Waals surface area contributed by atoms with Gasteiger partial charge in [0.25, 0.3) is 0 Å². The number of likely N-dealkylation sites (N-methyl/N-ethyl adjacent to an activating group) is 1. The Labute approximate surface area is 175 Å². The highest BCUT2D eigenvalue weighted by Crippen LogP contribution is 2.10. The Morgan fingerprint density at radius 3 is 2.52 bits per heavy atom. The largest absolute Gasteiger partial charge is 0.385 e. The first-order chi connectivity index (χ1) is 13.9. The van der Waals surface area contributed by atoms with Crippen molar-refractivity contribution >= 4 is 17.7 Å². The number of carbonyl (C=O) groups is 1. The Hall–Kier alpha value is -2.32. The lowest BCUT2D eigenvalue weighted by Crippen LogP contribution is -2.41. The lowest BCUT2D eigenvalue weighted by atomic mass is 10.2. The van der Waals surface area contributed by atoms with E-state index in [9.17, 15) is 4.79 Å². The summed E-state index contributed by atoms with van der Waals surface area (Å²) in [5.74, 6) is 0.802. The summed E-state index contributed by atoms with van der Waals surface area (Å²) in [6.07, 6.45) is 1.03. The minimum absolute atomic E-state index is 0.103. The first kappa shape index (κ1) is 24.7. The van der Waals surface area contributed by atoms with Crippen molar-refractivity contribution in [2.45, 2.75) is 39.8 Å². The zero-order valence-corrected chi connectivity index (χ0v) is 18.5. The third-order valence-electron chi connectivity index (χ3n) is 4.07. The van der Waals surface area contributed by atoms with E-state index in [4.69, 9.17) is 4.74 Å². The number of hydrogen-bond acceptors (Lipinski definition) is 4. The van der Waals surface area contributed by atoms with E-state index in [-0.39, 0.29) is 12.1 Å². The molecule has 4 N–H and O–H groups in total. The van der Waals surface area contributed by atoms with Crippen LogP contribution in [0.4, 0.5) is 10.5 Å². The lowest BCUT2D eigenvalue weighted by Gasteiger charge is -2.18. The molecule has 0 aromatic heterocycles. The molecule has 0 heterocycles. The number of amides is 2. The summed E-state index contributed by atoms with van der Waals surface area (Å²) >= 11 is 0. The van der Waals surface area contributed by atoms with Crippen molar-refractivity contribution in [3.63, 3.8) is 0 Å². The van der Waals surface area contributed by atoms with E-state index in [0.29, 0.717) is 6.54 Å². The van der Waals surface area contributed by atoms with E-state index in [2.05, 4.69) is 45.1 Å². The average Bonchev–Trinajstić information content (AvgIpc) is 2.66. The van der Waals surface area contributed by atoms with Crippen LogP contribution in [0.15, 0.2) is 29.3 Å². The van der Waals surface area contributed by atoms with Gasteiger partial charge >= 0.3 is 6.03 Å². The number of nitrogens with zero attached hydrogens (tertiary/aromatic N) is 2. The van der Waals surface area contributed by atoms with Gasteiger partial charge in [0, 0.05) is 51.6 Å². The molecule has 0 spiro atoms. The summed E-state index contributed by atoms with van der Waals surface area (Å²) in [6.45, 7) is 10.8. The highest BCUT2D eigenvalue weighted by molar-refractivity contribution is 5.89. The van der Waals surface area contributed by atoms with Gasteiger partial charge in [-0.1, -0.05) is 12.1 Å². The van der Waals surface area contributed by atoms with Gasteiger partial charge in [-0.05, 0) is 51.9 Å². The number of urea groups is 1. The second-order valence-electron chi connectivity index (χ2n) is 7.22. The predicted molar refractivity (Wildman–Crippen MR) is 121 cm³/mol. The highest BCUT2D eigenvalue weighted by Gasteiger charge is 2.04. The number of hydrogen-bond donors (Lipinski definition) is 4. The summed E-state index contributed by atoms with van der Waals surface area (Å²) in [5.41, 5.74) is 1.84. The van der Waals surface area contributed by atoms with Crippen LogP contribution >= 0.6 is 0 Å². The molecule has 0 aliphatic carbocycles. The highest BCUT2D eigenvalue weighted by atomic mass is 16.5. The number of benzene rings is 1. The summed E-state index contributed by atoms with van der Waals surface area (Å²) in [6, 6.07) is 7.63. The maximum atomic E-state index is 11.7. The van der Waals surface area contributed by atoms with E-state index in [1.807, 2.05) is 38.1 Å². The van der Waals surface area contributed by atoms with Gasteiger partial charge in [-0.3, -0.25) is 0 Å². The summed E-state index contributed by atoms with van der Waals surface area (Å²) in [5, 5.41) is 12.3. The standard InChI is InChI=1S/C21H38N6O2/c1-6-22-20(23-12-14-27(4)13-7-15-29-5)24-16-18-8-10-19(11-9-18)26-21(28)25-17(2)3/h8-11,17H,6-7,12-16H2,1-5H3,(H2,22,23,24)(H2,25,26,28). The molecule has 0 bridgehead atoms. The molecule has 0 unspecified atom stereocenters. The number of guanidine groups is 1. The molecule has 8 heteroatoms. The molecule has 0 radical (unpaired) electrons. The fourth-order valence-corrected chi connectivity index (χ4v) is 2.59. The molecule has 1 rings (SSSR count). The quantitative estimate of drug-likeness (QED) is 0.243. The van der Waals surface area contributed by atoms with Crippen LogP contribution in [0, 0.1) is 0 Å². The molecule has 0 aliphatic rings. The van der Waals surface area contributed by atoms with Crippen LogP contribution in [0.1, 0.15) is 32.8 Å². The van der Waals surface area contributed by atoms with Gasteiger partial charge in [0.1, 0.15) is 0 Å². The molecule has 0 aliphatic heterocycles. The van der Waals surface area contributed by atoms with Crippen molar-refractivity contribution in [2.75, 3.05) is 52.3 Å². The van der Waals surface area contributed by atoms with Crippen molar-refractivity contribution in [1.82, 2.24) is 20.9 Å². The molecule has 0 saturated carbocycles. The first-order valence-corrected chi connectivity index (χ1v) is 10.3. The minimum atomic E-state index is -0.198. The maximum absolute atomic E-state index is 11.7. The molecule has 1 aromatic carbocycles. The minimum Gasteiger partial charge on any atom is -0.385 e. The summed E-state index contributed by atoms with van der Waals surface area (Å²) in [7, 11) is 3.84. The topological polar surface area (TPSA) is 90.0 Å². The molecule has 0 saturated heterocycles.